The van der Waals surface area contributed by atoms with E-state index in [1.807, 2.05) is 12.1 Å². The molecule has 7 heteroatoms. The van der Waals surface area contributed by atoms with Crippen LogP contribution >= 0.6 is 11.8 Å². The number of carbonyl (C=O) groups is 3. The molecule has 1 aliphatic carbocycles. The van der Waals surface area contributed by atoms with Gasteiger partial charge in [0.1, 0.15) is 0 Å². The smallest absolute Gasteiger partial charge is 0.289 e. The quantitative estimate of drug-likeness (QED) is 0.796. The first-order valence-corrected chi connectivity index (χ1v) is 8.67. The standard InChI is InChI=1S/C16H19N3O3S/c20-14(8-17-7-11-1-2-11)18-13-5-3-12(4-6-13)9-19-15(21)10-23-16(19)22/h3-6,11,17H,1-2,7-10H2,(H,18,20). The van der Waals surface area contributed by atoms with Crippen LogP contribution in [0.4, 0.5) is 10.5 Å². The Bertz CT molecular complexity index is 598. The predicted molar refractivity (Wildman–Crippen MR) is 89.1 cm³/mol. The van der Waals surface area contributed by atoms with Gasteiger partial charge in [-0.25, -0.2) is 0 Å². The second-order valence-electron chi connectivity index (χ2n) is 5.85. The van der Waals surface area contributed by atoms with Crippen molar-refractivity contribution in [1.82, 2.24) is 10.2 Å². The summed E-state index contributed by atoms with van der Waals surface area (Å²) < 4.78 is 0. The minimum Gasteiger partial charge on any atom is -0.325 e. The van der Waals surface area contributed by atoms with Crippen LogP contribution in [-0.4, -0.2) is 40.8 Å². The number of anilines is 1. The summed E-state index contributed by atoms with van der Waals surface area (Å²) >= 11 is 1.03. The van der Waals surface area contributed by atoms with Gasteiger partial charge >= 0.3 is 0 Å². The number of nitrogens with one attached hydrogen (secondary N) is 2. The van der Waals surface area contributed by atoms with Crippen molar-refractivity contribution >= 4 is 34.5 Å². The highest BCUT2D eigenvalue weighted by Gasteiger charge is 2.29. The molecule has 1 saturated heterocycles. The van der Waals surface area contributed by atoms with Crippen LogP contribution in [0.1, 0.15) is 18.4 Å². The van der Waals surface area contributed by atoms with Crippen molar-refractivity contribution < 1.29 is 14.4 Å². The Morgan fingerprint density at radius 1 is 1.22 bits per heavy atom. The first-order valence-electron chi connectivity index (χ1n) is 7.68. The maximum absolute atomic E-state index is 11.8. The molecule has 23 heavy (non-hydrogen) atoms. The zero-order valence-electron chi connectivity index (χ0n) is 12.7. The van der Waals surface area contributed by atoms with Crippen molar-refractivity contribution in [3.63, 3.8) is 0 Å². The molecule has 3 rings (SSSR count). The van der Waals surface area contributed by atoms with Crippen LogP contribution < -0.4 is 10.6 Å². The van der Waals surface area contributed by atoms with Gasteiger partial charge in [-0.05, 0) is 43.0 Å². The number of amides is 3. The van der Waals surface area contributed by atoms with Crippen LogP contribution in [0.2, 0.25) is 0 Å². The minimum atomic E-state index is -0.200. The summed E-state index contributed by atoms with van der Waals surface area (Å²) in [4.78, 5) is 36.2. The third-order valence-electron chi connectivity index (χ3n) is 3.83. The third kappa shape index (κ3) is 4.56. The summed E-state index contributed by atoms with van der Waals surface area (Å²) in [5.74, 6) is 0.746. The Hall–Kier alpha value is -1.86. The molecule has 1 saturated carbocycles. The van der Waals surface area contributed by atoms with E-state index in [-0.39, 0.29) is 29.4 Å². The summed E-state index contributed by atoms with van der Waals surface area (Å²) in [6, 6.07) is 7.20. The Morgan fingerprint density at radius 3 is 2.57 bits per heavy atom. The molecule has 2 aliphatic rings. The molecule has 1 aromatic carbocycles. The first kappa shape index (κ1) is 16.0. The molecule has 122 valence electrons. The van der Waals surface area contributed by atoms with Crippen LogP contribution in [0.25, 0.3) is 0 Å². The van der Waals surface area contributed by atoms with Gasteiger partial charge in [0.25, 0.3) is 5.24 Å². The van der Waals surface area contributed by atoms with Crippen molar-refractivity contribution in [3.8, 4) is 0 Å². The summed E-state index contributed by atoms with van der Waals surface area (Å²) in [5, 5.41) is 5.76. The van der Waals surface area contributed by atoms with Gasteiger partial charge in [-0.1, -0.05) is 23.9 Å². The van der Waals surface area contributed by atoms with Crippen LogP contribution in [0, 0.1) is 5.92 Å². The normalized spacial score (nSPS) is 17.7. The third-order valence-corrected chi connectivity index (χ3v) is 4.69. The molecule has 0 spiro atoms. The summed E-state index contributed by atoms with van der Waals surface area (Å²) in [5.41, 5.74) is 1.57. The predicted octanol–water partition coefficient (Wildman–Crippen LogP) is 1.82. The van der Waals surface area contributed by atoms with Gasteiger partial charge in [0.15, 0.2) is 0 Å². The molecule has 6 nitrogen and oxygen atoms in total. The number of benzene rings is 1. The Morgan fingerprint density at radius 2 is 1.96 bits per heavy atom. The van der Waals surface area contributed by atoms with Gasteiger partial charge in [-0.3, -0.25) is 19.3 Å². The van der Waals surface area contributed by atoms with Crippen molar-refractivity contribution in [2.75, 3.05) is 24.2 Å². The molecule has 0 atom stereocenters. The molecular formula is C16H19N3O3S. The van der Waals surface area contributed by atoms with E-state index >= 15 is 0 Å². The molecule has 2 N–H and O–H groups in total. The number of nitrogens with zero attached hydrogens (tertiary/aromatic N) is 1. The fraction of sp³-hybridized carbons (Fsp3) is 0.438. The van der Waals surface area contributed by atoms with E-state index in [1.54, 1.807) is 12.1 Å². The zero-order chi connectivity index (χ0) is 16.2. The zero-order valence-corrected chi connectivity index (χ0v) is 13.5. The second-order valence-corrected chi connectivity index (χ2v) is 6.78. The Kier molecular flexibility index (Phi) is 4.97. The molecule has 1 aliphatic heterocycles. The van der Waals surface area contributed by atoms with E-state index < -0.39 is 0 Å². The van der Waals surface area contributed by atoms with Gasteiger partial charge in [0.05, 0.1) is 18.8 Å². The summed E-state index contributed by atoms with van der Waals surface area (Å²) in [6.07, 6.45) is 2.52. The number of hydrogen-bond donors (Lipinski definition) is 2. The summed E-state index contributed by atoms with van der Waals surface area (Å²) in [6.45, 7) is 1.50. The van der Waals surface area contributed by atoms with Crippen molar-refractivity contribution in [2.24, 2.45) is 5.92 Å². The van der Waals surface area contributed by atoms with E-state index in [1.165, 1.54) is 17.7 Å². The molecule has 1 aromatic rings. The first-order chi connectivity index (χ1) is 11.1. The van der Waals surface area contributed by atoms with E-state index in [0.29, 0.717) is 12.2 Å². The molecule has 0 unspecified atom stereocenters. The maximum Gasteiger partial charge on any atom is 0.289 e. The lowest BCUT2D eigenvalue weighted by molar-refractivity contribution is -0.125. The largest absolute Gasteiger partial charge is 0.325 e. The number of rotatable bonds is 7. The van der Waals surface area contributed by atoms with Crippen LogP contribution in [-0.2, 0) is 16.1 Å². The molecule has 0 bridgehead atoms. The SMILES string of the molecule is O=C(CNCC1CC1)Nc1ccc(CN2C(=O)CSC2=O)cc1. The monoisotopic (exact) mass is 333 g/mol. The fourth-order valence-electron chi connectivity index (χ4n) is 2.33. The van der Waals surface area contributed by atoms with Crippen molar-refractivity contribution in [3.05, 3.63) is 29.8 Å². The van der Waals surface area contributed by atoms with Gasteiger partial charge in [0, 0.05) is 5.69 Å². The second kappa shape index (κ2) is 7.14. The molecular weight excluding hydrogens is 314 g/mol. The van der Waals surface area contributed by atoms with Gasteiger partial charge in [-0.2, -0.15) is 0 Å². The van der Waals surface area contributed by atoms with Crippen LogP contribution in [0.3, 0.4) is 0 Å². The van der Waals surface area contributed by atoms with Crippen molar-refractivity contribution in [2.45, 2.75) is 19.4 Å². The highest BCUT2D eigenvalue weighted by Crippen LogP contribution is 2.27. The number of thioether (sulfide) groups is 1. The number of hydrogen-bond acceptors (Lipinski definition) is 5. The molecule has 0 aromatic heterocycles. The van der Waals surface area contributed by atoms with Crippen LogP contribution in [0.15, 0.2) is 24.3 Å². The molecule has 1 heterocycles. The Labute approximate surface area is 139 Å². The number of imide groups is 1. The maximum atomic E-state index is 11.8. The lowest BCUT2D eigenvalue weighted by Gasteiger charge is -2.13. The average molecular weight is 333 g/mol. The summed E-state index contributed by atoms with van der Waals surface area (Å²) in [7, 11) is 0. The van der Waals surface area contributed by atoms with E-state index in [0.717, 1.165) is 29.8 Å². The highest BCUT2D eigenvalue weighted by molar-refractivity contribution is 8.14. The molecule has 0 radical (unpaired) electrons. The molecule has 2 fully saturated rings. The van der Waals surface area contributed by atoms with E-state index in [9.17, 15) is 14.4 Å². The average Bonchev–Trinajstić information content (AvgIpc) is 3.30. The van der Waals surface area contributed by atoms with Gasteiger partial charge in [0.2, 0.25) is 11.8 Å². The van der Waals surface area contributed by atoms with Crippen LogP contribution in [0.5, 0.6) is 0 Å². The van der Waals surface area contributed by atoms with Crippen molar-refractivity contribution in [1.29, 1.82) is 0 Å². The molecule has 3 amide bonds. The lowest BCUT2D eigenvalue weighted by Crippen LogP contribution is -2.29. The lowest BCUT2D eigenvalue weighted by atomic mass is 10.2. The van der Waals surface area contributed by atoms with E-state index in [2.05, 4.69) is 10.6 Å². The number of carbonyl (C=O) groups excluding carboxylic acids is 3. The van der Waals surface area contributed by atoms with E-state index in [4.69, 9.17) is 0 Å². The highest BCUT2D eigenvalue weighted by atomic mass is 32.2. The van der Waals surface area contributed by atoms with Gasteiger partial charge in [-0.15, -0.1) is 0 Å². The minimum absolute atomic E-state index is 0.0697. The fourth-order valence-corrected chi connectivity index (χ4v) is 3.05. The van der Waals surface area contributed by atoms with Gasteiger partial charge < -0.3 is 10.6 Å². The topological polar surface area (TPSA) is 78.5 Å². The Balaban J connectivity index is 1.47.